The van der Waals surface area contributed by atoms with Crippen LogP contribution in [0, 0.1) is 27.9 Å². The van der Waals surface area contributed by atoms with Crippen molar-refractivity contribution in [2.24, 2.45) is 17.8 Å². The molecule has 3 atom stereocenters. The number of carbonyl (C=O) groups excluding carboxylic acids is 3. The Morgan fingerprint density at radius 2 is 1.82 bits per heavy atom. The summed E-state index contributed by atoms with van der Waals surface area (Å²) in [5.74, 6) is -2.78. The third-order valence-corrected chi connectivity index (χ3v) is 6.71. The summed E-state index contributed by atoms with van der Waals surface area (Å²) in [6, 6.07) is 9.76. The number of nitrogens with zero attached hydrogens (tertiary/aromatic N) is 3. The quantitative estimate of drug-likeness (QED) is 0.264. The van der Waals surface area contributed by atoms with Gasteiger partial charge in [-0.05, 0) is 42.2 Å². The van der Waals surface area contributed by atoms with Crippen LogP contribution in [0.15, 0.2) is 54.6 Å². The van der Waals surface area contributed by atoms with Crippen molar-refractivity contribution in [3.05, 3.63) is 85.9 Å². The fourth-order valence-corrected chi connectivity index (χ4v) is 4.61. The molecule has 10 heteroatoms. The minimum atomic E-state index is -0.642. The minimum Gasteiger partial charge on any atom is -0.272 e. The number of imide groups is 1. The summed E-state index contributed by atoms with van der Waals surface area (Å²) < 4.78 is 0. The second-order valence-corrected chi connectivity index (χ2v) is 8.87. The number of hydrazine groups is 1. The molecule has 2 aromatic carbocycles. The third-order valence-electron chi connectivity index (χ3n) is 5.97. The van der Waals surface area contributed by atoms with Crippen LogP contribution in [0.2, 0.25) is 10.0 Å². The lowest BCUT2D eigenvalue weighted by atomic mass is 9.78. The van der Waals surface area contributed by atoms with Crippen molar-refractivity contribution in [1.82, 2.24) is 10.0 Å². The smallest absolute Gasteiger partial charge is 0.272 e. The standard InChI is InChI=1S/C23H19Cl2N3O5/c1-13-3-2-4-17-20(13)23(31)27(22(17)30)26(12-14-5-10-18(24)19(25)11-14)21(29)15-6-8-16(9-7-15)28(32)33/h2-3,5-11,13,17,20H,4,12H2,1H3/t13-,17+,20+/m1/s1. The van der Waals surface area contributed by atoms with Crippen molar-refractivity contribution < 1.29 is 19.3 Å². The summed E-state index contributed by atoms with van der Waals surface area (Å²) in [6.45, 7) is 1.74. The number of hydrogen-bond acceptors (Lipinski definition) is 5. The number of non-ortho nitro benzene ring substituents is 1. The number of rotatable bonds is 5. The maximum Gasteiger partial charge on any atom is 0.273 e. The molecule has 8 nitrogen and oxygen atoms in total. The van der Waals surface area contributed by atoms with Crippen molar-refractivity contribution in [1.29, 1.82) is 0 Å². The fraction of sp³-hybridized carbons (Fsp3) is 0.261. The molecule has 1 heterocycles. The maximum atomic E-state index is 13.5. The van der Waals surface area contributed by atoms with Crippen LogP contribution in [0.5, 0.6) is 0 Å². The molecule has 33 heavy (non-hydrogen) atoms. The van der Waals surface area contributed by atoms with E-state index in [1.54, 1.807) is 18.2 Å². The van der Waals surface area contributed by atoms with Gasteiger partial charge in [0, 0.05) is 17.7 Å². The molecule has 0 bridgehead atoms. The van der Waals surface area contributed by atoms with Gasteiger partial charge in [-0.3, -0.25) is 24.5 Å². The van der Waals surface area contributed by atoms with E-state index in [1.165, 1.54) is 24.3 Å². The molecule has 0 N–H and O–H groups in total. The van der Waals surface area contributed by atoms with Crippen LogP contribution >= 0.6 is 23.2 Å². The van der Waals surface area contributed by atoms with Crippen LogP contribution < -0.4 is 0 Å². The Hall–Kier alpha value is -3.23. The number of hydrogen-bond donors (Lipinski definition) is 0. The molecule has 1 fully saturated rings. The molecule has 0 saturated carbocycles. The number of nitro benzene ring substituents is 1. The van der Waals surface area contributed by atoms with Crippen LogP contribution in [-0.4, -0.2) is 32.7 Å². The molecule has 0 spiro atoms. The first-order valence-electron chi connectivity index (χ1n) is 10.2. The highest BCUT2D eigenvalue weighted by Crippen LogP contribution is 2.39. The van der Waals surface area contributed by atoms with Gasteiger partial charge in [-0.15, -0.1) is 0 Å². The first kappa shape index (κ1) is 22.9. The van der Waals surface area contributed by atoms with Crippen LogP contribution in [0.3, 0.4) is 0 Å². The lowest BCUT2D eigenvalue weighted by Crippen LogP contribution is -2.50. The van der Waals surface area contributed by atoms with E-state index in [4.69, 9.17) is 23.2 Å². The highest BCUT2D eigenvalue weighted by Gasteiger charge is 2.53. The molecule has 2 aromatic rings. The number of amides is 3. The predicted octanol–water partition coefficient (Wildman–Crippen LogP) is 4.66. The van der Waals surface area contributed by atoms with Crippen molar-refractivity contribution in [3.63, 3.8) is 0 Å². The maximum absolute atomic E-state index is 13.5. The fourth-order valence-electron chi connectivity index (χ4n) is 4.29. The molecule has 3 amide bonds. The van der Waals surface area contributed by atoms with E-state index in [2.05, 4.69) is 0 Å². The van der Waals surface area contributed by atoms with Gasteiger partial charge in [0.25, 0.3) is 23.4 Å². The van der Waals surface area contributed by atoms with E-state index in [-0.39, 0.29) is 28.7 Å². The Morgan fingerprint density at radius 1 is 1.12 bits per heavy atom. The van der Waals surface area contributed by atoms with E-state index < -0.39 is 34.5 Å². The van der Waals surface area contributed by atoms with Crippen molar-refractivity contribution in [3.8, 4) is 0 Å². The second kappa shape index (κ2) is 8.96. The third kappa shape index (κ3) is 4.24. The Bertz CT molecular complexity index is 1180. The normalized spacial score (nSPS) is 21.8. The van der Waals surface area contributed by atoms with Gasteiger partial charge in [0.15, 0.2) is 0 Å². The van der Waals surface area contributed by atoms with Gasteiger partial charge in [-0.1, -0.05) is 48.3 Å². The number of allylic oxidation sites excluding steroid dienone is 2. The Labute approximate surface area is 199 Å². The zero-order valence-corrected chi connectivity index (χ0v) is 19.0. The monoisotopic (exact) mass is 487 g/mol. The van der Waals surface area contributed by atoms with Crippen molar-refractivity contribution in [2.45, 2.75) is 19.9 Å². The number of fused-ring (bicyclic) bond motifs is 1. The van der Waals surface area contributed by atoms with Gasteiger partial charge in [0.05, 0.1) is 33.3 Å². The topological polar surface area (TPSA) is 101 Å². The Morgan fingerprint density at radius 3 is 2.42 bits per heavy atom. The zero-order chi connectivity index (χ0) is 23.9. The van der Waals surface area contributed by atoms with Gasteiger partial charge >= 0.3 is 0 Å². The number of carbonyl (C=O) groups is 3. The molecule has 0 aromatic heterocycles. The van der Waals surface area contributed by atoms with E-state index in [0.717, 1.165) is 10.0 Å². The molecule has 0 unspecified atom stereocenters. The van der Waals surface area contributed by atoms with E-state index in [1.807, 2.05) is 19.1 Å². The molecule has 2 aliphatic rings. The largest absolute Gasteiger partial charge is 0.273 e. The van der Waals surface area contributed by atoms with Crippen molar-refractivity contribution >= 4 is 46.6 Å². The van der Waals surface area contributed by atoms with Crippen LogP contribution in [-0.2, 0) is 16.1 Å². The molecular weight excluding hydrogens is 469 g/mol. The van der Waals surface area contributed by atoms with Gasteiger partial charge in [-0.25, -0.2) is 5.01 Å². The van der Waals surface area contributed by atoms with Gasteiger partial charge in [0.2, 0.25) is 0 Å². The lowest BCUT2D eigenvalue weighted by Gasteiger charge is -2.31. The molecule has 1 aliphatic heterocycles. The summed E-state index contributed by atoms with van der Waals surface area (Å²) in [4.78, 5) is 50.5. The summed E-state index contributed by atoms with van der Waals surface area (Å²) in [6.07, 6.45) is 4.20. The second-order valence-electron chi connectivity index (χ2n) is 8.06. The van der Waals surface area contributed by atoms with E-state index in [9.17, 15) is 24.5 Å². The summed E-state index contributed by atoms with van der Waals surface area (Å²) in [5, 5.41) is 13.6. The average Bonchev–Trinajstić information content (AvgIpc) is 3.05. The summed E-state index contributed by atoms with van der Waals surface area (Å²) >= 11 is 12.1. The Balaban J connectivity index is 1.73. The first-order valence-corrected chi connectivity index (χ1v) is 11.0. The summed E-state index contributed by atoms with van der Waals surface area (Å²) in [7, 11) is 0. The van der Waals surface area contributed by atoms with E-state index in [0.29, 0.717) is 17.0 Å². The zero-order valence-electron chi connectivity index (χ0n) is 17.5. The highest BCUT2D eigenvalue weighted by molar-refractivity contribution is 6.42. The van der Waals surface area contributed by atoms with Crippen molar-refractivity contribution in [2.75, 3.05) is 0 Å². The Kier molecular flexibility index (Phi) is 6.23. The highest BCUT2D eigenvalue weighted by atomic mass is 35.5. The number of halogens is 2. The molecule has 1 aliphatic carbocycles. The lowest BCUT2D eigenvalue weighted by molar-refractivity contribution is -0.384. The summed E-state index contributed by atoms with van der Waals surface area (Å²) in [5.41, 5.74) is 0.477. The molecule has 0 radical (unpaired) electrons. The molecule has 170 valence electrons. The van der Waals surface area contributed by atoms with E-state index >= 15 is 0 Å². The minimum absolute atomic E-state index is 0.0994. The van der Waals surface area contributed by atoms with Gasteiger partial charge in [-0.2, -0.15) is 5.01 Å². The SMILES string of the molecule is C[C@@H]1C=CC[C@@H]2C(=O)N(N(Cc3ccc(Cl)c(Cl)c3)C(=O)c3ccc([N+](=O)[O-])cc3)C(=O)[C@@H]12. The number of benzene rings is 2. The first-order chi connectivity index (χ1) is 15.7. The predicted molar refractivity (Wildman–Crippen MR) is 121 cm³/mol. The van der Waals surface area contributed by atoms with Crippen LogP contribution in [0.1, 0.15) is 29.3 Å². The number of nitro groups is 1. The molecular formula is C23H19Cl2N3O5. The van der Waals surface area contributed by atoms with Gasteiger partial charge in [0.1, 0.15) is 0 Å². The molecule has 1 saturated heterocycles. The van der Waals surface area contributed by atoms with Crippen LogP contribution in [0.4, 0.5) is 5.69 Å². The van der Waals surface area contributed by atoms with Gasteiger partial charge < -0.3 is 0 Å². The molecule has 4 rings (SSSR count). The van der Waals surface area contributed by atoms with Crippen LogP contribution in [0.25, 0.3) is 0 Å². The average molecular weight is 488 g/mol.